The molecular formula is C16H20F6Si. The Bertz CT molecular complexity index is 519. The molecule has 4 atom stereocenters. The van der Waals surface area contributed by atoms with Crippen molar-refractivity contribution in [2.45, 2.75) is 50.3 Å². The van der Waals surface area contributed by atoms with Gasteiger partial charge in [-0.1, -0.05) is 55.2 Å². The van der Waals surface area contributed by atoms with Gasteiger partial charge in [0.2, 0.25) is 0 Å². The highest BCUT2D eigenvalue weighted by atomic mass is 28.3. The van der Waals surface area contributed by atoms with Gasteiger partial charge < -0.3 is 0 Å². The lowest BCUT2D eigenvalue weighted by atomic mass is 10.1. The molecule has 130 valence electrons. The molecule has 0 aromatic heterocycles. The molecule has 4 unspecified atom stereocenters. The van der Waals surface area contributed by atoms with Crippen molar-refractivity contribution in [3.63, 3.8) is 0 Å². The fourth-order valence-electron chi connectivity index (χ4n) is 2.52. The van der Waals surface area contributed by atoms with E-state index in [1.807, 2.05) is 0 Å². The molecule has 0 radical (unpaired) electrons. The Morgan fingerprint density at radius 2 is 1.52 bits per heavy atom. The SMILES string of the molecule is C=Cc1ccccc1[Si](C)(C)CC(F)C(F)C(F)C(F)C(F)F. The lowest BCUT2D eigenvalue weighted by molar-refractivity contribution is -0.0374. The molecule has 0 aliphatic carbocycles. The van der Waals surface area contributed by atoms with Gasteiger partial charge in [-0.15, -0.1) is 0 Å². The molecule has 1 aromatic carbocycles. The smallest absolute Gasteiger partial charge is 0.244 e. The first-order chi connectivity index (χ1) is 10.6. The van der Waals surface area contributed by atoms with E-state index in [9.17, 15) is 26.3 Å². The van der Waals surface area contributed by atoms with Crippen LogP contribution in [0.4, 0.5) is 26.3 Å². The molecule has 7 heteroatoms. The van der Waals surface area contributed by atoms with Crippen LogP contribution in [0.15, 0.2) is 30.8 Å². The quantitative estimate of drug-likeness (QED) is 0.462. The van der Waals surface area contributed by atoms with Crippen molar-refractivity contribution in [3.8, 4) is 0 Å². The zero-order chi connectivity index (χ0) is 17.8. The van der Waals surface area contributed by atoms with Crippen LogP contribution >= 0.6 is 0 Å². The summed E-state index contributed by atoms with van der Waals surface area (Å²) in [6.07, 6.45) is -13.9. The number of rotatable bonds is 8. The minimum atomic E-state index is -3.68. The van der Waals surface area contributed by atoms with Crippen LogP contribution in [0.2, 0.25) is 19.1 Å². The summed E-state index contributed by atoms with van der Waals surface area (Å²) in [4.78, 5) is 0. The van der Waals surface area contributed by atoms with E-state index >= 15 is 0 Å². The largest absolute Gasteiger partial charge is 0.272 e. The van der Waals surface area contributed by atoms with Crippen LogP contribution in [-0.2, 0) is 0 Å². The highest BCUT2D eigenvalue weighted by Gasteiger charge is 2.43. The summed E-state index contributed by atoms with van der Waals surface area (Å²) < 4.78 is 78.2. The molecule has 0 fully saturated rings. The van der Waals surface area contributed by atoms with E-state index in [-0.39, 0.29) is 6.04 Å². The van der Waals surface area contributed by atoms with E-state index in [1.54, 1.807) is 43.4 Å². The van der Waals surface area contributed by atoms with Crippen molar-refractivity contribution in [3.05, 3.63) is 36.4 Å². The predicted molar refractivity (Wildman–Crippen MR) is 84.0 cm³/mol. The Hall–Kier alpha value is -1.24. The Kier molecular flexibility index (Phi) is 6.92. The second-order valence-corrected chi connectivity index (χ2v) is 10.8. The van der Waals surface area contributed by atoms with Crippen molar-refractivity contribution >= 4 is 19.3 Å². The van der Waals surface area contributed by atoms with Crippen LogP contribution < -0.4 is 5.19 Å². The molecule has 0 saturated heterocycles. The van der Waals surface area contributed by atoms with Gasteiger partial charge in [-0.2, -0.15) is 0 Å². The molecule has 0 aliphatic rings. The number of halogens is 6. The van der Waals surface area contributed by atoms with Crippen LogP contribution in [-0.4, -0.2) is 39.2 Å². The van der Waals surface area contributed by atoms with Gasteiger partial charge in [0.1, 0.15) is 6.17 Å². The van der Waals surface area contributed by atoms with Crippen molar-refractivity contribution in [1.82, 2.24) is 0 Å². The highest BCUT2D eigenvalue weighted by molar-refractivity contribution is 6.90. The minimum Gasteiger partial charge on any atom is -0.244 e. The Labute approximate surface area is 133 Å². The van der Waals surface area contributed by atoms with E-state index in [1.165, 1.54) is 0 Å². The average molecular weight is 354 g/mol. The third kappa shape index (κ3) is 4.86. The predicted octanol–water partition coefficient (Wildman–Crippen LogP) is 4.86. The summed E-state index contributed by atoms with van der Waals surface area (Å²) in [5.74, 6) is 0. The lowest BCUT2D eigenvalue weighted by Crippen LogP contribution is -2.48. The Balaban J connectivity index is 2.89. The van der Waals surface area contributed by atoms with Crippen LogP contribution in [0.5, 0.6) is 0 Å². The standard InChI is InChI=1S/C16H20F6Si/c1-4-10-7-5-6-8-12(10)23(2,3)9-11(17)13(18)14(19)15(20)16(21)22/h4-8,11,13-16H,1,9H2,2-3H3. The maximum absolute atomic E-state index is 14.1. The van der Waals surface area contributed by atoms with E-state index in [0.717, 1.165) is 10.8 Å². The van der Waals surface area contributed by atoms with Gasteiger partial charge >= 0.3 is 0 Å². The molecule has 0 amide bonds. The Morgan fingerprint density at radius 3 is 2.04 bits per heavy atom. The number of hydrogen-bond donors (Lipinski definition) is 0. The summed E-state index contributed by atoms with van der Waals surface area (Å²) in [6.45, 7) is 7.16. The fraction of sp³-hybridized carbons (Fsp3) is 0.500. The van der Waals surface area contributed by atoms with Gasteiger partial charge in [0.15, 0.2) is 18.5 Å². The lowest BCUT2D eigenvalue weighted by Gasteiger charge is -2.29. The molecule has 0 nitrogen and oxygen atoms in total. The van der Waals surface area contributed by atoms with Crippen LogP contribution in [0.1, 0.15) is 5.56 Å². The molecule has 23 heavy (non-hydrogen) atoms. The fourth-order valence-corrected chi connectivity index (χ4v) is 5.45. The zero-order valence-corrected chi connectivity index (χ0v) is 14.0. The Morgan fingerprint density at radius 1 is 0.957 bits per heavy atom. The molecule has 0 spiro atoms. The molecule has 0 saturated carbocycles. The third-order valence-electron chi connectivity index (χ3n) is 3.81. The van der Waals surface area contributed by atoms with Crippen molar-refractivity contribution in [2.24, 2.45) is 0 Å². The minimum absolute atomic E-state index is 0.338. The van der Waals surface area contributed by atoms with Gasteiger partial charge in [-0.25, -0.2) is 26.3 Å². The number of alkyl halides is 6. The first kappa shape index (κ1) is 19.8. The van der Waals surface area contributed by atoms with Crippen LogP contribution in [0, 0.1) is 0 Å². The van der Waals surface area contributed by atoms with E-state index in [4.69, 9.17) is 0 Å². The number of benzene rings is 1. The van der Waals surface area contributed by atoms with E-state index < -0.39 is 39.2 Å². The molecule has 0 N–H and O–H groups in total. The number of hydrogen-bond acceptors (Lipinski definition) is 0. The average Bonchev–Trinajstić information content (AvgIpc) is 2.51. The summed E-state index contributed by atoms with van der Waals surface area (Å²) in [5.41, 5.74) is 0.763. The molecule has 0 aliphatic heterocycles. The van der Waals surface area contributed by atoms with E-state index in [0.29, 0.717) is 0 Å². The summed E-state index contributed by atoms with van der Waals surface area (Å²) >= 11 is 0. The summed E-state index contributed by atoms with van der Waals surface area (Å²) in [5, 5.41) is 0.797. The topological polar surface area (TPSA) is 0 Å². The maximum Gasteiger partial charge on any atom is 0.272 e. The van der Waals surface area contributed by atoms with Crippen molar-refractivity contribution in [1.29, 1.82) is 0 Å². The first-order valence-electron chi connectivity index (χ1n) is 7.18. The second kappa shape index (κ2) is 8.03. The third-order valence-corrected chi connectivity index (χ3v) is 7.13. The van der Waals surface area contributed by atoms with Gasteiger partial charge in [0.05, 0.1) is 8.07 Å². The van der Waals surface area contributed by atoms with Gasteiger partial charge in [0, 0.05) is 0 Å². The van der Waals surface area contributed by atoms with Gasteiger partial charge in [0.25, 0.3) is 6.43 Å². The maximum atomic E-state index is 14.1. The van der Waals surface area contributed by atoms with Gasteiger partial charge in [-0.3, -0.25) is 0 Å². The van der Waals surface area contributed by atoms with Gasteiger partial charge in [-0.05, 0) is 11.6 Å². The molecule has 0 heterocycles. The van der Waals surface area contributed by atoms with Crippen LogP contribution in [0.25, 0.3) is 6.08 Å². The monoisotopic (exact) mass is 354 g/mol. The zero-order valence-electron chi connectivity index (χ0n) is 13.0. The normalized spacial score (nSPS) is 17.6. The van der Waals surface area contributed by atoms with E-state index in [2.05, 4.69) is 6.58 Å². The van der Waals surface area contributed by atoms with Crippen LogP contribution in [0.3, 0.4) is 0 Å². The van der Waals surface area contributed by atoms with Crippen molar-refractivity contribution < 1.29 is 26.3 Å². The highest BCUT2D eigenvalue weighted by Crippen LogP contribution is 2.27. The van der Waals surface area contributed by atoms with Crippen molar-refractivity contribution in [2.75, 3.05) is 0 Å². The summed E-state index contributed by atoms with van der Waals surface area (Å²) in [7, 11) is -2.54. The molecule has 1 rings (SSSR count). The molecular weight excluding hydrogens is 334 g/mol. The molecule has 0 bridgehead atoms. The second-order valence-electron chi connectivity index (χ2n) is 6.06. The first-order valence-corrected chi connectivity index (χ1v) is 10.4. The molecule has 1 aromatic rings. The summed E-state index contributed by atoms with van der Waals surface area (Å²) in [6, 6.07) is 6.69.